The van der Waals surface area contributed by atoms with Crippen LogP contribution in [0.2, 0.25) is 0 Å². The quantitative estimate of drug-likeness (QED) is 0.788. The zero-order chi connectivity index (χ0) is 13.4. The van der Waals surface area contributed by atoms with E-state index in [4.69, 9.17) is 21.2 Å². The summed E-state index contributed by atoms with van der Waals surface area (Å²) >= 11 is 0. The fraction of sp³-hybridized carbons (Fsp3) is 0.643. The van der Waals surface area contributed by atoms with Crippen LogP contribution in [-0.2, 0) is 17.6 Å². The van der Waals surface area contributed by atoms with Crippen LogP contribution >= 0.6 is 0 Å². The smallest absolute Gasteiger partial charge is 0.128 e. The lowest BCUT2D eigenvalue weighted by Gasteiger charge is -2.23. The molecule has 3 rings (SSSR count). The SMILES string of the molecule is CO[C@H]1CN(c2ccc3c(n2)CCC(N)C3)C[C@@H]1N. The summed E-state index contributed by atoms with van der Waals surface area (Å²) in [5, 5.41) is 0. The molecule has 0 spiro atoms. The molecule has 3 atom stereocenters. The highest BCUT2D eigenvalue weighted by Crippen LogP contribution is 2.24. The highest BCUT2D eigenvalue weighted by Gasteiger charge is 2.31. The second-order valence-corrected chi connectivity index (χ2v) is 5.62. The maximum Gasteiger partial charge on any atom is 0.128 e. The van der Waals surface area contributed by atoms with Crippen molar-refractivity contribution < 1.29 is 4.74 Å². The molecular formula is C14H22N4O. The van der Waals surface area contributed by atoms with Gasteiger partial charge in [-0.3, -0.25) is 0 Å². The summed E-state index contributed by atoms with van der Waals surface area (Å²) < 4.78 is 5.39. The number of methoxy groups -OCH3 is 1. The molecule has 104 valence electrons. The van der Waals surface area contributed by atoms with E-state index in [9.17, 15) is 0 Å². The third-order valence-electron chi connectivity index (χ3n) is 4.22. The molecule has 5 nitrogen and oxygen atoms in total. The minimum atomic E-state index is 0.0660. The van der Waals surface area contributed by atoms with Crippen molar-refractivity contribution in [1.82, 2.24) is 4.98 Å². The number of pyridine rings is 1. The monoisotopic (exact) mass is 262 g/mol. The first-order chi connectivity index (χ1) is 9.17. The number of hydrogen-bond donors (Lipinski definition) is 2. The van der Waals surface area contributed by atoms with Crippen molar-refractivity contribution in [3.05, 3.63) is 23.4 Å². The topological polar surface area (TPSA) is 77.4 Å². The fourth-order valence-corrected chi connectivity index (χ4v) is 3.04. The van der Waals surface area contributed by atoms with Crippen molar-refractivity contribution >= 4 is 5.82 Å². The molecule has 1 aliphatic carbocycles. The zero-order valence-electron chi connectivity index (χ0n) is 11.4. The fourth-order valence-electron chi connectivity index (χ4n) is 3.04. The van der Waals surface area contributed by atoms with Gasteiger partial charge < -0.3 is 21.1 Å². The predicted molar refractivity (Wildman–Crippen MR) is 75.2 cm³/mol. The first-order valence-corrected chi connectivity index (χ1v) is 6.95. The highest BCUT2D eigenvalue weighted by atomic mass is 16.5. The number of fused-ring (bicyclic) bond motifs is 1. The van der Waals surface area contributed by atoms with Crippen LogP contribution in [0.25, 0.3) is 0 Å². The number of anilines is 1. The van der Waals surface area contributed by atoms with Gasteiger partial charge in [-0.2, -0.15) is 0 Å². The molecule has 19 heavy (non-hydrogen) atoms. The van der Waals surface area contributed by atoms with Crippen LogP contribution in [0, 0.1) is 0 Å². The second-order valence-electron chi connectivity index (χ2n) is 5.62. The molecule has 1 unspecified atom stereocenters. The Kier molecular flexibility index (Phi) is 3.43. The molecule has 1 saturated heterocycles. The lowest BCUT2D eigenvalue weighted by Crippen LogP contribution is -2.34. The van der Waals surface area contributed by atoms with Crippen LogP contribution in [0.3, 0.4) is 0 Å². The lowest BCUT2D eigenvalue weighted by molar-refractivity contribution is 0.108. The van der Waals surface area contributed by atoms with Crippen LogP contribution in [0.1, 0.15) is 17.7 Å². The number of nitrogens with zero attached hydrogens (tertiary/aromatic N) is 2. The number of rotatable bonds is 2. The first kappa shape index (κ1) is 12.8. The van der Waals surface area contributed by atoms with Crippen molar-refractivity contribution in [2.75, 3.05) is 25.1 Å². The molecule has 1 aromatic heterocycles. The Bertz CT molecular complexity index is 465. The van der Waals surface area contributed by atoms with E-state index < -0.39 is 0 Å². The molecule has 4 N–H and O–H groups in total. The summed E-state index contributed by atoms with van der Waals surface area (Å²) in [5.41, 5.74) is 14.6. The summed E-state index contributed by atoms with van der Waals surface area (Å²) in [5.74, 6) is 1.02. The average Bonchev–Trinajstić information content (AvgIpc) is 2.79. The number of aryl methyl sites for hydroxylation is 1. The van der Waals surface area contributed by atoms with Crippen molar-refractivity contribution in [3.63, 3.8) is 0 Å². The van der Waals surface area contributed by atoms with Crippen molar-refractivity contribution in [3.8, 4) is 0 Å². The van der Waals surface area contributed by atoms with Gasteiger partial charge in [0.15, 0.2) is 0 Å². The molecular weight excluding hydrogens is 240 g/mol. The van der Waals surface area contributed by atoms with Crippen molar-refractivity contribution in [1.29, 1.82) is 0 Å². The van der Waals surface area contributed by atoms with E-state index in [2.05, 4.69) is 17.0 Å². The minimum absolute atomic E-state index is 0.0660. The molecule has 2 heterocycles. The largest absolute Gasteiger partial charge is 0.378 e. The molecule has 2 aliphatic rings. The summed E-state index contributed by atoms with van der Waals surface area (Å²) in [4.78, 5) is 7.01. The Balaban J connectivity index is 1.80. The molecule has 1 aliphatic heterocycles. The van der Waals surface area contributed by atoms with Crippen LogP contribution in [0.5, 0.6) is 0 Å². The van der Waals surface area contributed by atoms with Gasteiger partial charge in [0.1, 0.15) is 5.82 Å². The summed E-state index contributed by atoms with van der Waals surface area (Å²) in [6.45, 7) is 1.63. The third kappa shape index (κ3) is 2.45. The molecule has 0 aromatic carbocycles. The van der Waals surface area contributed by atoms with Gasteiger partial charge in [-0.15, -0.1) is 0 Å². The Morgan fingerprint density at radius 1 is 1.32 bits per heavy atom. The van der Waals surface area contributed by atoms with E-state index in [1.807, 2.05) is 0 Å². The number of aromatic nitrogens is 1. The van der Waals surface area contributed by atoms with Crippen molar-refractivity contribution in [2.24, 2.45) is 11.5 Å². The van der Waals surface area contributed by atoms with Gasteiger partial charge in [0.05, 0.1) is 12.1 Å². The molecule has 1 fully saturated rings. The number of nitrogens with two attached hydrogens (primary N) is 2. The highest BCUT2D eigenvalue weighted by molar-refractivity contribution is 5.44. The summed E-state index contributed by atoms with van der Waals surface area (Å²) in [6, 6.07) is 4.61. The predicted octanol–water partition coefficient (Wildman–Crippen LogP) is 0.0599. The minimum Gasteiger partial charge on any atom is -0.378 e. The maximum absolute atomic E-state index is 6.06. The molecule has 0 amide bonds. The normalized spacial score (nSPS) is 30.5. The van der Waals surface area contributed by atoms with E-state index in [0.717, 1.165) is 38.2 Å². The second kappa shape index (κ2) is 5.07. The summed E-state index contributed by atoms with van der Waals surface area (Å²) in [7, 11) is 1.72. The zero-order valence-corrected chi connectivity index (χ0v) is 11.4. The van der Waals surface area contributed by atoms with Gasteiger partial charge in [0, 0.05) is 31.9 Å². The first-order valence-electron chi connectivity index (χ1n) is 6.95. The van der Waals surface area contributed by atoms with E-state index in [1.54, 1.807) is 7.11 Å². The summed E-state index contributed by atoms with van der Waals surface area (Å²) in [6.07, 6.45) is 3.07. The number of hydrogen-bond acceptors (Lipinski definition) is 5. The average molecular weight is 262 g/mol. The van der Waals surface area contributed by atoms with Crippen LogP contribution < -0.4 is 16.4 Å². The Hall–Kier alpha value is -1.17. The van der Waals surface area contributed by atoms with E-state index >= 15 is 0 Å². The van der Waals surface area contributed by atoms with Gasteiger partial charge in [0.25, 0.3) is 0 Å². The van der Waals surface area contributed by atoms with Crippen LogP contribution in [0.15, 0.2) is 12.1 Å². The van der Waals surface area contributed by atoms with E-state index in [0.29, 0.717) is 6.04 Å². The molecule has 0 saturated carbocycles. The van der Waals surface area contributed by atoms with Gasteiger partial charge >= 0.3 is 0 Å². The molecule has 1 aromatic rings. The Labute approximate surface area is 113 Å². The van der Waals surface area contributed by atoms with Gasteiger partial charge in [0.2, 0.25) is 0 Å². The van der Waals surface area contributed by atoms with Gasteiger partial charge in [-0.25, -0.2) is 4.98 Å². The van der Waals surface area contributed by atoms with E-state index in [1.165, 1.54) is 11.3 Å². The molecule has 0 radical (unpaired) electrons. The van der Waals surface area contributed by atoms with Gasteiger partial charge in [-0.1, -0.05) is 6.07 Å². The third-order valence-corrected chi connectivity index (χ3v) is 4.22. The van der Waals surface area contributed by atoms with Gasteiger partial charge in [-0.05, 0) is 30.9 Å². The van der Waals surface area contributed by atoms with Crippen LogP contribution in [0.4, 0.5) is 5.82 Å². The molecule has 0 bridgehead atoms. The van der Waals surface area contributed by atoms with Crippen LogP contribution in [-0.4, -0.2) is 43.4 Å². The van der Waals surface area contributed by atoms with Crippen molar-refractivity contribution in [2.45, 2.75) is 37.5 Å². The number of ether oxygens (including phenoxy) is 1. The Morgan fingerprint density at radius 3 is 2.89 bits per heavy atom. The standard InChI is InChI=1S/C14H22N4O/c1-19-13-8-18(7-11(13)16)14-5-2-9-6-10(15)3-4-12(9)17-14/h2,5,10-11,13H,3-4,6-8,15-16H2,1H3/t10?,11-,13-/m0/s1. The Morgan fingerprint density at radius 2 is 2.16 bits per heavy atom. The lowest BCUT2D eigenvalue weighted by atomic mass is 9.92. The molecule has 5 heteroatoms. The van der Waals surface area contributed by atoms with E-state index in [-0.39, 0.29) is 12.1 Å². The maximum atomic E-state index is 6.06.